The van der Waals surface area contributed by atoms with Gasteiger partial charge in [-0.25, -0.2) is 0 Å². The number of hydrogen-bond acceptors (Lipinski definition) is 2. The highest BCUT2D eigenvalue weighted by molar-refractivity contribution is 5.67. The Morgan fingerprint density at radius 3 is 2.50 bits per heavy atom. The average molecular weight is 276 g/mol. The van der Waals surface area contributed by atoms with Crippen LogP contribution < -0.4 is 4.74 Å². The van der Waals surface area contributed by atoms with E-state index in [0.29, 0.717) is 5.92 Å². The van der Waals surface area contributed by atoms with Gasteiger partial charge in [0.2, 0.25) is 0 Å². The average Bonchev–Trinajstić information content (AvgIpc) is 2.46. The van der Waals surface area contributed by atoms with Gasteiger partial charge in [0.05, 0.1) is 13.0 Å². The first kappa shape index (κ1) is 14.9. The first-order valence-corrected chi connectivity index (χ1v) is 7.59. The van der Waals surface area contributed by atoms with Crippen molar-refractivity contribution in [2.45, 2.75) is 51.4 Å². The number of carbonyl (C=O) groups is 1. The molecular formula is C17H24O3. The fraction of sp³-hybridized carbons (Fsp3) is 0.588. The molecular weight excluding hydrogens is 252 g/mol. The van der Waals surface area contributed by atoms with Crippen molar-refractivity contribution in [2.75, 3.05) is 6.61 Å². The third-order valence-electron chi connectivity index (χ3n) is 4.14. The highest BCUT2D eigenvalue weighted by atomic mass is 16.5. The number of benzene rings is 1. The van der Waals surface area contributed by atoms with E-state index in [1.165, 1.54) is 32.1 Å². The van der Waals surface area contributed by atoms with Gasteiger partial charge in [-0.15, -0.1) is 0 Å². The van der Waals surface area contributed by atoms with Crippen LogP contribution in [0.15, 0.2) is 24.3 Å². The van der Waals surface area contributed by atoms with Crippen LogP contribution in [0.5, 0.6) is 5.75 Å². The van der Waals surface area contributed by atoms with E-state index in [1.807, 2.05) is 31.2 Å². The first-order chi connectivity index (χ1) is 9.65. The van der Waals surface area contributed by atoms with E-state index in [0.717, 1.165) is 17.9 Å². The van der Waals surface area contributed by atoms with Crippen molar-refractivity contribution in [2.24, 2.45) is 5.92 Å². The van der Waals surface area contributed by atoms with Crippen LogP contribution in [0.4, 0.5) is 0 Å². The molecule has 1 aromatic rings. The van der Waals surface area contributed by atoms with E-state index in [2.05, 4.69) is 0 Å². The van der Waals surface area contributed by atoms with Gasteiger partial charge in [0.15, 0.2) is 0 Å². The molecule has 0 amide bonds. The molecule has 1 atom stereocenters. The zero-order valence-corrected chi connectivity index (χ0v) is 12.2. The van der Waals surface area contributed by atoms with Crippen molar-refractivity contribution in [3.05, 3.63) is 29.8 Å². The van der Waals surface area contributed by atoms with Crippen molar-refractivity contribution < 1.29 is 14.6 Å². The Bertz CT molecular complexity index is 418. The van der Waals surface area contributed by atoms with E-state index >= 15 is 0 Å². The van der Waals surface area contributed by atoms with Crippen molar-refractivity contribution in [3.8, 4) is 5.75 Å². The molecule has 0 heterocycles. The number of carboxylic acid groups (broad SMARTS) is 1. The summed E-state index contributed by atoms with van der Waals surface area (Å²) in [5, 5.41) is 8.80. The van der Waals surface area contributed by atoms with E-state index in [4.69, 9.17) is 9.84 Å². The smallest absolute Gasteiger partial charge is 0.303 e. The molecule has 1 N–H and O–H groups in total. The summed E-state index contributed by atoms with van der Waals surface area (Å²) in [6.07, 6.45) is 6.77. The fourth-order valence-electron chi connectivity index (χ4n) is 2.84. The van der Waals surface area contributed by atoms with Crippen molar-refractivity contribution in [1.82, 2.24) is 0 Å². The summed E-state index contributed by atoms with van der Waals surface area (Å²) < 4.78 is 5.84. The molecule has 0 aliphatic heterocycles. The molecule has 1 aromatic carbocycles. The van der Waals surface area contributed by atoms with Crippen molar-refractivity contribution in [1.29, 1.82) is 0 Å². The number of rotatable bonds is 6. The van der Waals surface area contributed by atoms with Crippen LogP contribution in [0.1, 0.15) is 56.9 Å². The second kappa shape index (κ2) is 7.32. The summed E-state index contributed by atoms with van der Waals surface area (Å²) in [4.78, 5) is 10.7. The van der Waals surface area contributed by atoms with E-state index in [-0.39, 0.29) is 12.3 Å². The molecule has 0 bridgehead atoms. The first-order valence-electron chi connectivity index (χ1n) is 7.59. The van der Waals surface area contributed by atoms with Crippen LogP contribution in [0.2, 0.25) is 0 Å². The Balaban J connectivity index is 1.83. The zero-order chi connectivity index (χ0) is 14.4. The van der Waals surface area contributed by atoms with Crippen LogP contribution in [0.25, 0.3) is 0 Å². The van der Waals surface area contributed by atoms with Crippen LogP contribution in [-0.4, -0.2) is 17.7 Å². The molecule has 110 valence electrons. The Morgan fingerprint density at radius 1 is 1.25 bits per heavy atom. The fourth-order valence-corrected chi connectivity index (χ4v) is 2.84. The minimum atomic E-state index is -0.755. The van der Waals surface area contributed by atoms with E-state index in [9.17, 15) is 4.79 Å². The van der Waals surface area contributed by atoms with Gasteiger partial charge in [0.25, 0.3) is 0 Å². The minimum absolute atomic E-state index is 0.0416. The summed E-state index contributed by atoms with van der Waals surface area (Å²) in [5.74, 6) is 0.881. The molecule has 20 heavy (non-hydrogen) atoms. The Kier molecular flexibility index (Phi) is 5.45. The lowest BCUT2D eigenvalue weighted by molar-refractivity contribution is -0.137. The molecule has 3 heteroatoms. The summed E-state index contributed by atoms with van der Waals surface area (Å²) >= 11 is 0. The highest BCUT2D eigenvalue weighted by Gasteiger charge is 2.14. The predicted octanol–water partition coefficient (Wildman–Crippen LogP) is 4.22. The van der Waals surface area contributed by atoms with Crippen LogP contribution >= 0.6 is 0 Å². The number of ether oxygens (including phenoxy) is 1. The lowest BCUT2D eigenvalue weighted by Gasteiger charge is -2.21. The molecule has 1 aliphatic carbocycles. The van der Waals surface area contributed by atoms with Gasteiger partial charge in [-0.1, -0.05) is 38.3 Å². The minimum Gasteiger partial charge on any atom is -0.493 e. The third-order valence-corrected chi connectivity index (χ3v) is 4.14. The molecule has 0 spiro atoms. The van der Waals surface area contributed by atoms with Gasteiger partial charge in [0, 0.05) is 0 Å². The Labute approximate surface area is 121 Å². The van der Waals surface area contributed by atoms with Gasteiger partial charge in [-0.2, -0.15) is 0 Å². The molecule has 3 nitrogen and oxygen atoms in total. The van der Waals surface area contributed by atoms with Crippen molar-refractivity contribution in [3.63, 3.8) is 0 Å². The van der Waals surface area contributed by atoms with E-state index in [1.54, 1.807) is 0 Å². The molecule has 0 saturated heterocycles. The normalized spacial score (nSPS) is 17.6. The van der Waals surface area contributed by atoms with Gasteiger partial charge in [-0.05, 0) is 42.4 Å². The Hall–Kier alpha value is -1.51. The summed E-state index contributed by atoms with van der Waals surface area (Å²) in [7, 11) is 0. The topological polar surface area (TPSA) is 46.5 Å². The van der Waals surface area contributed by atoms with Crippen LogP contribution in [0.3, 0.4) is 0 Å². The van der Waals surface area contributed by atoms with Gasteiger partial charge >= 0.3 is 5.97 Å². The predicted molar refractivity (Wildman–Crippen MR) is 79.2 cm³/mol. The molecule has 1 unspecified atom stereocenters. The molecule has 2 rings (SSSR count). The molecule has 1 aliphatic rings. The largest absolute Gasteiger partial charge is 0.493 e. The lowest BCUT2D eigenvalue weighted by atomic mass is 9.90. The second-order valence-electron chi connectivity index (χ2n) is 5.88. The molecule has 1 fully saturated rings. The van der Waals surface area contributed by atoms with E-state index < -0.39 is 5.97 Å². The molecule has 1 saturated carbocycles. The second-order valence-corrected chi connectivity index (χ2v) is 5.88. The number of hydrogen-bond donors (Lipinski definition) is 1. The standard InChI is InChI=1S/C17H24O3/c1-13(11-17(18)19)15-7-9-16(10-8-15)20-12-14-5-3-2-4-6-14/h7-10,13-14H,2-6,11-12H2,1H3,(H,18,19). The van der Waals surface area contributed by atoms with Gasteiger partial charge in [-0.3, -0.25) is 4.79 Å². The zero-order valence-electron chi connectivity index (χ0n) is 12.2. The maximum atomic E-state index is 10.7. The van der Waals surface area contributed by atoms with Crippen LogP contribution in [-0.2, 0) is 4.79 Å². The van der Waals surface area contributed by atoms with Gasteiger partial charge in [0.1, 0.15) is 5.75 Å². The monoisotopic (exact) mass is 276 g/mol. The summed E-state index contributed by atoms with van der Waals surface area (Å²) in [6.45, 7) is 2.75. The highest BCUT2D eigenvalue weighted by Crippen LogP contribution is 2.26. The van der Waals surface area contributed by atoms with Crippen molar-refractivity contribution >= 4 is 5.97 Å². The van der Waals surface area contributed by atoms with Crippen LogP contribution in [0, 0.1) is 5.92 Å². The SMILES string of the molecule is CC(CC(=O)O)c1ccc(OCC2CCCCC2)cc1. The molecule has 0 aromatic heterocycles. The maximum absolute atomic E-state index is 10.7. The summed E-state index contributed by atoms with van der Waals surface area (Å²) in [5.41, 5.74) is 1.05. The Morgan fingerprint density at radius 2 is 1.90 bits per heavy atom. The maximum Gasteiger partial charge on any atom is 0.303 e. The lowest BCUT2D eigenvalue weighted by Crippen LogP contribution is -2.15. The van der Waals surface area contributed by atoms with Gasteiger partial charge < -0.3 is 9.84 Å². The molecule has 0 radical (unpaired) electrons. The number of carboxylic acids is 1. The summed E-state index contributed by atoms with van der Waals surface area (Å²) in [6, 6.07) is 7.86. The third kappa shape index (κ3) is 4.55. The number of aliphatic carboxylic acids is 1. The quantitative estimate of drug-likeness (QED) is 0.846.